The Kier molecular flexibility index (Phi) is 9.82. The van der Waals surface area contributed by atoms with Gasteiger partial charge in [-0.05, 0) is 85.5 Å². The standard InChI is InChI=1S/C36H45N7O4/c1-22(2)32-39-40-35(47-32)36(19-23(3)38-21-31(44)43-16-8-9-28(43)20-37)29-14-12-26(33(45)41(4)5)17-24(29)10-11-25-18-27(13-15-30(25)36)34(46)42(6)7/h12-15,17-18,22-23,28,38H,8-11,16,19,21H2,1-7H3/t23-,28?/m1/s1. The molecule has 0 saturated carbocycles. The monoisotopic (exact) mass is 639 g/mol. The van der Waals surface area contributed by atoms with E-state index in [-0.39, 0.29) is 36.2 Å². The summed E-state index contributed by atoms with van der Waals surface area (Å²) in [5.74, 6) is 0.649. The van der Waals surface area contributed by atoms with Crippen molar-refractivity contribution in [1.82, 2.24) is 30.2 Å². The SMILES string of the molecule is CC(C)c1nnc(C2(C[C@@H](C)NCC(=O)N3CCCC3C#N)c3ccc(C(=O)N(C)C)cc3CCc3cc(C(=O)N(C)C)ccc32)o1. The molecule has 1 aromatic heterocycles. The van der Waals surface area contributed by atoms with E-state index < -0.39 is 11.5 Å². The van der Waals surface area contributed by atoms with Crippen LogP contribution < -0.4 is 5.32 Å². The van der Waals surface area contributed by atoms with Crippen LogP contribution in [0.4, 0.5) is 0 Å². The van der Waals surface area contributed by atoms with E-state index in [2.05, 4.69) is 21.6 Å². The van der Waals surface area contributed by atoms with Gasteiger partial charge in [0, 0.05) is 57.8 Å². The number of nitriles is 1. The summed E-state index contributed by atoms with van der Waals surface area (Å²) in [4.78, 5) is 44.2. The van der Waals surface area contributed by atoms with E-state index in [4.69, 9.17) is 4.42 Å². The highest BCUT2D eigenvalue weighted by atomic mass is 16.4. The second-order valence-corrected chi connectivity index (χ2v) is 13.5. The van der Waals surface area contributed by atoms with Gasteiger partial charge in [-0.2, -0.15) is 5.26 Å². The fraction of sp³-hybridized carbons (Fsp3) is 0.500. The van der Waals surface area contributed by atoms with Crippen molar-refractivity contribution in [2.45, 2.75) is 76.3 Å². The molecule has 11 heteroatoms. The Hall–Kier alpha value is -4.56. The lowest BCUT2D eigenvalue weighted by Gasteiger charge is -2.36. The second-order valence-electron chi connectivity index (χ2n) is 13.5. The molecule has 2 aromatic carbocycles. The molecule has 1 N–H and O–H groups in total. The molecule has 1 aliphatic heterocycles. The van der Waals surface area contributed by atoms with Crippen molar-refractivity contribution in [3.63, 3.8) is 0 Å². The maximum Gasteiger partial charge on any atom is 0.253 e. The van der Waals surface area contributed by atoms with Gasteiger partial charge in [0.25, 0.3) is 11.8 Å². The molecule has 1 aliphatic carbocycles. The normalized spacial score (nSPS) is 17.3. The van der Waals surface area contributed by atoms with Crippen LogP contribution in [0.15, 0.2) is 40.8 Å². The van der Waals surface area contributed by atoms with Crippen molar-refractivity contribution in [1.29, 1.82) is 5.26 Å². The summed E-state index contributed by atoms with van der Waals surface area (Å²) >= 11 is 0. The quantitative estimate of drug-likeness (QED) is 0.372. The summed E-state index contributed by atoms with van der Waals surface area (Å²) in [6.45, 7) is 6.70. The molecule has 1 unspecified atom stereocenters. The molecule has 47 heavy (non-hydrogen) atoms. The Bertz CT molecular complexity index is 1630. The summed E-state index contributed by atoms with van der Waals surface area (Å²) in [7, 11) is 6.94. The molecule has 248 valence electrons. The number of nitrogens with zero attached hydrogens (tertiary/aromatic N) is 6. The largest absolute Gasteiger partial charge is 0.424 e. The fourth-order valence-corrected chi connectivity index (χ4v) is 6.90. The zero-order valence-corrected chi connectivity index (χ0v) is 28.5. The summed E-state index contributed by atoms with van der Waals surface area (Å²) in [6.07, 6.45) is 3.23. The average molecular weight is 640 g/mol. The number of aromatic nitrogens is 2. The van der Waals surface area contributed by atoms with E-state index in [0.717, 1.165) is 28.7 Å². The third-order valence-electron chi connectivity index (χ3n) is 9.34. The molecule has 0 radical (unpaired) electrons. The number of nitrogens with one attached hydrogen (secondary N) is 1. The summed E-state index contributed by atoms with van der Waals surface area (Å²) in [5, 5.41) is 22.1. The first-order valence-electron chi connectivity index (χ1n) is 16.3. The zero-order valence-electron chi connectivity index (χ0n) is 28.5. The molecular formula is C36H45N7O4. The third kappa shape index (κ3) is 6.52. The lowest BCUT2D eigenvalue weighted by atomic mass is 9.68. The molecular weight excluding hydrogens is 594 g/mol. The zero-order chi connectivity index (χ0) is 34.0. The Morgan fingerprint density at radius 2 is 1.55 bits per heavy atom. The van der Waals surface area contributed by atoms with Crippen LogP contribution in [0.2, 0.25) is 0 Å². The van der Waals surface area contributed by atoms with E-state index in [0.29, 0.717) is 55.1 Å². The van der Waals surface area contributed by atoms with Crippen molar-refractivity contribution in [3.8, 4) is 6.07 Å². The van der Waals surface area contributed by atoms with Gasteiger partial charge in [-0.3, -0.25) is 14.4 Å². The van der Waals surface area contributed by atoms with Crippen LogP contribution in [0.3, 0.4) is 0 Å². The van der Waals surface area contributed by atoms with Crippen LogP contribution in [-0.2, 0) is 23.1 Å². The number of hydrogen-bond donors (Lipinski definition) is 1. The molecule has 0 bridgehead atoms. The first kappa shape index (κ1) is 33.8. The second kappa shape index (κ2) is 13.7. The third-order valence-corrected chi connectivity index (χ3v) is 9.34. The maximum atomic E-state index is 13.2. The number of fused-ring (bicyclic) bond motifs is 2. The van der Waals surface area contributed by atoms with Crippen molar-refractivity contribution in [2.24, 2.45) is 0 Å². The highest BCUT2D eigenvalue weighted by Crippen LogP contribution is 2.48. The van der Waals surface area contributed by atoms with E-state index in [9.17, 15) is 19.6 Å². The molecule has 5 rings (SSSR count). The Balaban J connectivity index is 1.66. The number of likely N-dealkylation sites (tertiary alicyclic amines) is 1. The van der Waals surface area contributed by atoms with Crippen molar-refractivity contribution in [3.05, 3.63) is 81.6 Å². The Morgan fingerprint density at radius 3 is 2.04 bits per heavy atom. The van der Waals surface area contributed by atoms with Crippen LogP contribution in [0.25, 0.3) is 0 Å². The first-order valence-corrected chi connectivity index (χ1v) is 16.3. The van der Waals surface area contributed by atoms with E-state index >= 15 is 0 Å². The van der Waals surface area contributed by atoms with Crippen LogP contribution >= 0.6 is 0 Å². The number of carbonyl (C=O) groups is 3. The average Bonchev–Trinajstić information content (AvgIpc) is 3.73. The van der Waals surface area contributed by atoms with Gasteiger partial charge < -0.3 is 24.4 Å². The summed E-state index contributed by atoms with van der Waals surface area (Å²) < 4.78 is 6.51. The van der Waals surface area contributed by atoms with Crippen molar-refractivity contribution >= 4 is 17.7 Å². The number of hydrogen-bond acceptors (Lipinski definition) is 8. The Morgan fingerprint density at radius 1 is 0.979 bits per heavy atom. The van der Waals surface area contributed by atoms with Gasteiger partial charge >= 0.3 is 0 Å². The summed E-state index contributed by atoms with van der Waals surface area (Å²) in [5.41, 5.74) is 4.06. The molecule has 3 amide bonds. The number of amides is 3. The Labute approximate surface area is 276 Å². The molecule has 0 spiro atoms. The van der Waals surface area contributed by atoms with Crippen LogP contribution in [0, 0.1) is 11.3 Å². The number of aryl methyl sites for hydroxylation is 2. The minimum atomic E-state index is -0.959. The molecule has 3 aromatic rings. The highest BCUT2D eigenvalue weighted by molar-refractivity contribution is 5.95. The molecule has 2 heterocycles. The van der Waals surface area contributed by atoms with Crippen molar-refractivity contribution in [2.75, 3.05) is 41.3 Å². The van der Waals surface area contributed by atoms with E-state index in [1.807, 2.05) is 57.2 Å². The van der Waals surface area contributed by atoms with Gasteiger partial charge in [0.15, 0.2) is 0 Å². The fourth-order valence-electron chi connectivity index (χ4n) is 6.90. The smallest absolute Gasteiger partial charge is 0.253 e. The van der Waals surface area contributed by atoms with E-state index in [1.54, 1.807) is 42.9 Å². The topological polar surface area (TPSA) is 136 Å². The van der Waals surface area contributed by atoms with E-state index in [1.165, 1.54) is 0 Å². The minimum Gasteiger partial charge on any atom is -0.424 e. The molecule has 2 aliphatic rings. The van der Waals surface area contributed by atoms with Gasteiger partial charge in [-0.25, -0.2) is 0 Å². The minimum absolute atomic E-state index is 0.0000853. The molecule has 1 fully saturated rings. The van der Waals surface area contributed by atoms with Crippen LogP contribution in [0.1, 0.15) is 101 Å². The van der Waals surface area contributed by atoms with Crippen LogP contribution in [0.5, 0.6) is 0 Å². The summed E-state index contributed by atoms with van der Waals surface area (Å²) in [6, 6.07) is 13.3. The van der Waals surface area contributed by atoms with Gasteiger partial charge in [-0.1, -0.05) is 26.0 Å². The predicted octanol–water partition coefficient (Wildman–Crippen LogP) is 3.91. The van der Waals surface area contributed by atoms with Crippen molar-refractivity contribution < 1.29 is 18.8 Å². The number of benzene rings is 2. The number of carbonyl (C=O) groups excluding carboxylic acids is 3. The first-order chi connectivity index (χ1) is 22.4. The van der Waals surface area contributed by atoms with Gasteiger partial charge in [0.2, 0.25) is 17.7 Å². The maximum absolute atomic E-state index is 13.2. The lowest BCUT2D eigenvalue weighted by Crippen LogP contribution is -2.45. The lowest BCUT2D eigenvalue weighted by molar-refractivity contribution is -0.130. The molecule has 1 saturated heterocycles. The molecule has 2 atom stereocenters. The molecule has 11 nitrogen and oxygen atoms in total. The predicted molar refractivity (Wildman–Crippen MR) is 177 cm³/mol. The van der Waals surface area contributed by atoms with Gasteiger partial charge in [-0.15, -0.1) is 10.2 Å². The van der Waals surface area contributed by atoms with Gasteiger partial charge in [0.05, 0.1) is 12.6 Å². The number of rotatable bonds is 9. The van der Waals surface area contributed by atoms with Crippen LogP contribution in [-0.4, -0.2) is 96.0 Å². The van der Waals surface area contributed by atoms with Gasteiger partial charge in [0.1, 0.15) is 11.5 Å². The highest BCUT2D eigenvalue weighted by Gasteiger charge is 2.47.